The molecule has 2 aromatic carbocycles. The highest BCUT2D eigenvalue weighted by atomic mass is 16.5. The fourth-order valence-electron chi connectivity index (χ4n) is 1.81. The average Bonchev–Trinajstić information content (AvgIpc) is 2.32. The molecule has 2 rings (SSSR count). The van der Waals surface area contributed by atoms with Crippen LogP contribution in [0.5, 0.6) is 5.75 Å². The standard InChI is InChI=1S/C15H14O2/c1-4-14(16)17-15-11(3)6-7-12-9-10(2)5-8-13(12)15/h4-9H,1H2,2-3H3. The maximum atomic E-state index is 11.3. The fraction of sp³-hybridized carbons (Fsp3) is 0.133. The van der Waals surface area contributed by atoms with Crippen LogP contribution in [-0.4, -0.2) is 5.97 Å². The third-order valence-electron chi connectivity index (χ3n) is 2.69. The number of rotatable bonds is 2. The normalized spacial score (nSPS) is 10.2. The molecule has 2 aromatic rings. The van der Waals surface area contributed by atoms with Gasteiger partial charge in [0.25, 0.3) is 0 Å². The number of ether oxygens (including phenoxy) is 1. The van der Waals surface area contributed by atoms with E-state index in [1.807, 2.05) is 38.1 Å². The predicted octanol–water partition coefficient (Wildman–Crippen LogP) is 3.55. The lowest BCUT2D eigenvalue weighted by atomic mass is 10.0. The molecular weight excluding hydrogens is 212 g/mol. The van der Waals surface area contributed by atoms with Gasteiger partial charge in [0.1, 0.15) is 5.75 Å². The molecule has 0 atom stereocenters. The molecular formula is C15H14O2. The summed E-state index contributed by atoms with van der Waals surface area (Å²) in [5, 5.41) is 2.02. The van der Waals surface area contributed by atoms with Gasteiger partial charge in [0.15, 0.2) is 0 Å². The van der Waals surface area contributed by atoms with Crippen LogP contribution >= 0.6 is 0 Å². The summed E-state index contributed by atoms with van der Waals surface area (Å²) in [6.07, 6.45) is 1.17. The Balaban J connectivity index is 2.63. The van der Waals surface area contributed by atoms with Gasteiger partial charge in [-0.25, -0.2) is 4.79 Å². The lowest BCUT2D eigenvalue weighted by Crippen LogP contribution is -2.04. The molecule has 0 heterocycles. The van der Waals surface area contributed by atoms with Gasteiger partial charge in [0.2, 0.25) is 0 Å². The largest absolute Gasteiger partial charge is 0.422 e. The Morgan fingerprint density at radius 3 is 2.71 bits per heavy atom. The van der Waals surface area contributed by atoms with Crippen LogP contribution in [0.3, 0.4) is 0 Å². The molecule has 0 radical (unpaired) electrons. The van der Waals surface area contributed by atoms with Crippen molar-refractivity contribution in [2.75, 3.05) is 0 Å². The van der Waals surface area contributed by atoms with E-state index in [4.69, 9.17) is 4.74 Å². The number of carbonyl (C=O) groups excluding carboxylic acids is 1. The van der Waals surface area contributed by atoms with Crippen molar-refractivity contribution in [2.45, 2.75) is 13.8 Å². The number of hydrogen-bond acceptors (Lipinski definition) is 2. The molecule has 0 aromatic heterocycles. The summed E-state index contributed by atoms with van der Waals surface area (Å²) >= 11 is 0. The predicted molar refractivity (Wildman–Crippen MR) is 69.3 cm³/mol. The van der Waals surface area contributed by atoms with Crippen LogP contribution in [-0.2, 0) is 4.79 Å². The Morgan fingerprint density at radius 1 is 1.24 bits per heavy atom. The summed E-state index contributed by atoms with van der Waals surface area (Å²) in [7, 11) is 0. The zero-order valence-corrected chi connectivity index (χ0v) is 9.99. The zero-order chi connectivity index (χ0) is 12.4. The number of esters is 1. The molecule has 0 N–H and O–H groups in total. The maximum absolute atomic E-state index is 11.3. The zero-order valence-electron chi connectivity index (χ0n) is 9.99. The van der Waals surface area contributed by atoms with E-state index >= 15 is 0 Å². The molecule has 0 amide bonds. The summed E-state index contributed by atoms with van der Waals surface area (Å²) in [5.74, 6) is 0.188. The van der Waals surface area contributed by atoms with Crippen LogP contribution in [0.2, 0.25) is 0 Å². The van der Waals surface area contributed by atoms with Crippen LogP contribution in [0.1, 0.15) is 11.1 Å². The van der Waals surface area contributed by atoms with Crippen molar-refractivity contribution in [2.24, 2.45) is 0 Å². The Labute approximate surface area is 101 Å². The number of benzene rings is 2. The van der Waals surface area contributed by atoms with Crippen LogP contribution < -0.4 is 4.74 Å². The molecule has 0 saturated heterocycles. The lowest BCUT2D eigenvalue weighted by Gasteiger charge is -2.10. The SMILES string of the molecule is C=CC(=O)Oc1c(C)ccc2cc(C)ccc12. The minimum Gasteiger partial charge on any atom is -0.422 e. The topological polar surface area (TPSA) is 26.3 Å². The van der Waals surface area contributed by atoms with E-state index in [1.54, 1.807) is 0 Å². The number of hydrogen-bond donors (Lipinski definition) is 0. The van der Waals surface area contributed by atoms with Crippen molar-refractivity contribution >= 4 is 16.7 Å². The van der Waals surface area contributed by atoms with Crippen molar-refractivity contribution in [1.29, 1.82) is 0 Å². The van der Waals surface area contributed by atoms with Gasteiger partial charge >= 0.3 is 5.97 Å². The monoisotopic (exact) mass is 226 g/mol. The summed E-state index contributed by atoms with van der Waals surface area (Å²) in [5.41, 5.74) is 2.12. The van der Waals surface area contributed by atoms with Gasteiger partial charge in [-0.1, -0.05) is 42.5 Å². The summed E-state index contributed by atoms with van der Waals surface area (Å²) in [6.45, 7) is 7.36. The Kier molecular flexibility index (Phi) is 2.96. The van der Waals surface area contributed by atoms with Crippen LogP contribution in [0, 0.1) is 13.8 Å². The molecule has 0 aliphatic rings. The van der Waals surface area contributed by atoms with Crippen molar-refractivity contribution in [1.82, 2.24) is 0 Å². The summed E-state index contributed by atoms with van der Waals surface area (Å²) in [4.78, 5) is 11.3. The van der Waals surface area contributed by atoms with Gasteiger partial charge in [0, 0.05) is 11.5 Å². The third-order valence-corrected chi connectivity index (χ3v) is 2.69. The molecule has 0 unspecified atom stereocenters. The highest BCUT2D eigenvalue weighted by molar-refractivity contribution is 5.93. The van der Waals surface area contributed by atoms with Crippen LogP contribution in [0.15, 0.2) is 43.0 Å². The fourth-order valence-corrected chi connectivity index (χ4v) is 1.81. The minimum atomic E-state index is -0.429. The van der Waals surface area contributed by atoms with Crippen molar-refractivity contribution < 1.29 is 9.53 Å². The highest BCUT2D eigenvalue weighted by Gasteiger charge is 2.08. The molecule has 0 aliphatic carbocycles. The first kappa shape index (κ1) is 11.4. The van der Waals surface area contributed by atoms with Gasteiger partial charge in [-0.15, -0.1) is 0 Å². The highest BCUT2D eigenvalue weighted by Crippen LogP contribution is 2.30. The first-order valence-electron chi connectivity index (χ1n) is 5.46. The van der Waals surface area contributed by atoms with E-state index in [9.17, 15) is 4.79 Å². The van der Waals surface area contributed by atoms with Gasteiger partial charge in [-0.05, 0) is 24.8 Å². The Morgan fingerprint density at radius 2 is 2.00 bits per heavy atom. The third kappa shape index (κ3) is 2.21. The van der Waals surface area contributed by atoms with E-state index in [0.29, 0.717) is 5.75 Å². The molecule has 0 fully saturated rings. The molecule has 86 valence electrons. The summed E-state index contributed by atoms with van der Waals surface area (Å²) in [6, 6.07) is 10.0. The molecule has 0 aliphatic heterocycles. The maximum Gasteiger partial charge on any atom is 0.335 e. The second-order valence-electron chi connectivity index (χ2n) is 4.06. The van der Waals surface area contributed by atoms with E-state index in [2.05, 4.69) is 12.6 Å². The van der Waals surface area contributed by atoms with E-state index < -0.39 is 5.97 Å². The number of fused-ring (bicyclic) bond motifs is 1. The van der Waals surface area contributed by atoms with Crippen molar-refractivity contribution in [3.8, 4) is 5.75 Å². The second kappa shape index (κ2) is 4.42. The van der Waals surface area contributed by atoms with Gasteiger partial charge < -0.3 is 4.74 Å². The first-order chi connectivity index (χ1) is 8.11. The van der Waals surface area contributed by atoms with E-state index in [0.717, 1.165) is 16.3 Å². The molecule has 2 heteroatoms. The van der Waals surface area contributed by atoms with Gasteiger partial charge in [0.05, 0.1) is 0 Å². The first-order valence-corrected chi connectivity index (χ1v) is 5.46. The van der Waals surface area contributed by atoms with Gasteiger partial charge in [-0.3, -0.25) is 0 Å². The molecule has 0 saturated carbocycles. The molecule has 0 bridgehead atoms. The van der Waals surface area contributed by atoms with Crippen LogP contribution in [0.4, 0.5) is 0 Å². The second-order valence-corrected chi connectivity index (χ2v) is 4.06. The lowest BCUT2D eigenvalue weighted by molar-refractivity contribution is -0.128. The quantitative estimate of drug-likeness (QED) is 0.444. The molecule has 0 spiro atoms. The van der Waals surface area contributed by atoms with Gasteiger partial charge in [-0.2, -0.15) is 0 Å². The number of aryl methyl sites for hydroxylation is 2. The van der Waals surface area contributed by atoms with Crippen LogP contribution in [0.25, 0.3) is 10.8 Å². The smallest absolute Gasteiger partial charge is 0.335 e. The number of carbonyl (C=O) groups is 1. The minimum absolute atomic E-state index is 0.429. The van der Waals surface area contributed by atoms with E-state index in [1.165, 1.54) is 11.6 Å². The molecule has 17 heavy (non-hydrogen) atoms. The molecule has 2 nitrogen and oxygen atoms in total. The van der Waals surface area contributed by atoms with E-state index in [-0.39, 0.29) is 0 Å². The van der Waals surface area contributed by atoms with Crippen molar-refractivity contribution in [3.63, 3.8) is 0 Å². The average molecular weight is 226 g/mol. The summed E-state index contributed by atoms with van der Waals surface area (Å²) < 4.78 is 5.29. The Bertz CT molecular complexity index is 597. The Hall–Kier alpha value is -2.09. The van der Waals surface area contributed by atoms with Crippen molar-refractivity contribution in [3.05, 3.63) is 54.1 Å².